The molecular formula is C14H13F3N4O2S. The van der Waals surface area contributed by atoms with Crippen LogP contribution >= 0.6 is 11.3 Å². The zero-order valence-corrected chi connectivity index (χ0v) is 13.2. The van der Waals surface area contributed by atoms with Crippen molar-refractivity contribution in [3.05, 3.63) is 45.5 Å². The quantitative estimate of drug-likeness (QED) is 0.622. The van der Waals surface area contributed by atoms with Crippen molar-refractivity contribution in [3.8, 4) is 0 Å². The van der Waals surface area contributed by atoms with Crippen LogP contribution in [0.2, 0.25) is 0 Å². The summed E-state index contributed by atoms with van der Waals surface area (Å²) in [5.74, 6) is 0. The fourth-order valence-electron chi connectivity index (χ4n) is 2.48. The lowest BCUT2D eigenvalue weighted by molar-refractivity contribution is -0.384. The van der Waals surface area contributed by atoms with E-state index in [4.69, 9.17) is 0 Å². The number of nitro benzene ring substituents is 1. The lowest BCUT2D eigenvalue weighted by Crippen LogP contribution is -2.46. The maximum Gasteiger partial charge on any atom is 0.434 e. The van der Waals surface area contributed by atoms with Crippen LogP contribution in [-0.4, -0.2) is 36.1 Å². The SMILES string of the molecule is O=[N+]([O-])c1ccc(N2CCN(c3nc(C(F)(F)F)cs3)CC2)cc1. The van der Waals surface area contributed by atoms with Gasteiger partial charge < -0.3 is 9.80 Å². The number of alkyl halides is 3. The minimum absolute atomic E-state index is 0.0276. The molecule has 0 N–H and O–H groups in total. The second-order valence-electron chi connectivity index (χ2n) is 5.26. The molecule has 10 heteroatoms. The molecular weight excluding hydrogens is 345 g/mol. The van der Waals surface area contributed by atoms with Crippen LogP contribution in [0.15, 0.2) is 29.6 Å². The van der Waals surface area contributed by atoms with E-state index in [1.807, 2.05) is 9.80 Å². The van der Waals surface area contributed by atoms with E-state index < -0.39 is 16.8 Å². The van der Waals surface area contributed by atoms with Gasteiger partial charge in [-0.3, -0.25) is 10.1 Å². The summed E-state index contributed by atoms with van der Waals surface area (Å²) >= 11 is 0.986. The Bertz CT molecular complexity index is 724. The molecule has 6 nitrogen and oxygen atoms in total. The first-order valence-electron chi connectivity index (χ1n) is 7.11. The molecule has 1 aromatic carbocycles. The largest absolute Gasteiger partial charge is 0.434 e. The molecule has 1 fully saturated rings. The highest BCUT2D eigenvalue weighted by atomic mass is 32.1. The third kappa shape index (κ3) is 3.42. The summed E-state index contributed by atoms with van der Waals surface area (Å²) in [7, 11) is 0. The summed E-state index contributed by atoms with van der Waals surface area (Å²) in [5.41, 5.74) is 0.0236. The molecule has 1 aromatic heterocycles. The molecule has 0 saturated carbocycles. The molecule has 0 aliphatic carbocycles. The number of halogens is 3. The molecule has 2 aromatic rings. The van der Waals surface area contributed by atoms with Crippen LogP contribution in [0.25, 0.3) is 0 Å². The number of nitro groups is 1. The zero-order valence-electron chi connectivity index (χ0n) is 12.4. The molecule has 0 atom stereocenters. The highest BCUT2D eigenvalue weighted by molar-refractivity contribution is 7.13. The van der Waals surface area contributed by atoms with Crippen LogP contribution in [0.5, 0.6) is 0 Å². The Morgan fingerprint density at radius 3 is 2.17 bits per heavy atom. The molecule has 2 heterocycles. The molecule has 1 aliphatic rings. The Kier molecular flexibility index (Phi) is 4.31. The maximum absolute atomic E-state index is 12.6. The summed E-state index contributed by atoms with van der Waals surface area (Å²) in [6, 6.07) is 6.24. The Morgan fingerprint density at radius 1 is 1.08 bits per heavy atom. The van der Waals surface area contributed by atoms with Crippen LogP contribution in [0.3, 0.4) is 0 Å². The number of non-ortho nitro benzene ring substituents is 1. The van der Waals surface area contributed by atoms with E-state index in [0.29, 0.717) is 31.3 Å². The van der Waals surface area contributed by atoms with E-state index in [-0.39, 0.29) is 5.69 Å². The van der Waals surface area contributed by atoms with E-state index in [0.717, 1.165) is 22.4 Å². The van der Waals surface area contributed by atoms with Crippen LogP contribution in [-0.2, 0) is 6.18 Å². The standard InChI is InChI=1S/C14H13F3N4O2S/c15-14(16,17)12-9-24-13(18-12)20-7-5-19(6-8-20)10-1-3-11(4-2-10)21(22)23/h1-4,9H,5-8H2. The second-order valence-corrected chi connectivity index (χ2v) is 6.10. The lowest BCUT2D eigenvalue weighted by Gasteiger charge is -2.35. The number of aromatic nitrogens is 1. The molecule has 0 radical (unpaired) electrons. The first-order valence-corrected chi connectivity index (χ1v) is 7.99. The van der Waals surface area contributed by atoms with Crippen LogP contribution < -0.4 is 9.80 Å². The summed E-state index contributed by atoms with van der Waals surface area (Å²) in [6.07, 6.45) is -4.42. The molecule has 128 valence electrons. The van der Waals surface area contributed by atoms with Crippen LogP contribution in [0, 0.1) is 10.1 Å². The summed E-state index contributed by atoms with van der Waals surface area (Å²) in [5, 5.41) is 12.1. The van der Waals surface area contributed by atoms with Gasteiger partial charge in [0.05, 0.1) is 4.92 Å². The highest BCUT2D eigenvalue weighted by Crippen LogP contribution is 2.33. The Labute approximate surface area is 139 Å². The minimum atomic E-state index is -4.42. The van der Waals surface area contributed by atoms with E-state index >= 15 is 0 Å². The van der Waals surface area contributed by atoms with Crippen LogP contribution in [0.1, 0.15) is 5.69 Å². The predicted octanol–water partition coefficient (Wildman–Crippen LogP) is 3.40. The number of nitrogens with zero attached hydrogens (tertiary/aromatic N) is 4. The summed E-state index contributed by atoms with van der Waals surface area (Å²) < 4.78 is 37.8. The molecule has 0 unspecified atom stereocenters. The Morgan fingerprint density at radius 2 is 1.67 bits per heavy atom. The van der Waals surface area contributed by atoms with Gasteiger partial charge in [0, 0.05) is 49.4 Å². The van der Waals surface area contributed by atoms with Crippen molar-refractivity contribution in [2.45, 2.75) is 6.18 Å². The topological polar surface area (TPSA) is 62.5 Å². The fourth-order valence-corrected chi connectivity index (χ4v) is 3.37. The Hall–Kier alpha value is -2.36. The normalized spacial score (nSPS) is 15.6. The van der Waals surface area contributed by atoms with Gasteiger partial charge >= 0.3 is 6.18 Å². The average molecular weight is 358 g/mol. The minimum Gasteiger partial charge on any atom is -0.368 e. The fraction of sp³-hybridized carbons (Fsp3) is 0.357. The lowest BCUT2D eigenvalue weighted by atomic mass is 10.2. The second kappa shape index (κ2) is 6.27. The Balaban J connectivity index is 1.63. The van der Waals surface area contributed by atoms with Gasteiger partial charge in [0.15, 0.2) is 10.8 Å². The van der Waals surface area contributed by atoms with E-state index in [1.54, 1.807) is 12.1 Å². The molecule has 3 rings (SSSR count). The number of rotatable bonds is 3. The molecule has 1 aliphatic heterocycles. The van der Waals surface area contributed by atoms with Crippen molar-refractivity contribution < 1.29 is 18.1 Å². The van der Waals surface area contributed by atoms with Crippen molar-refractivity contribution >= 4 is 27.8 Å². The number of hydrogen-bond donors (Lipinski definition) is 0. The first kappa shape index (κ1) is 16.5. The summed E-state index contributed by atoms with van der Waals surface area (Å²) in [6.45, 7) is 2.31. The third-order valence-electron chi connectivity index (χ3n) is 3.76. The van der Waals surface area contributed by atoms with Gasteiger partial charge in [-0.05, 0) is 12.1 Å². The van der Waals surface area contributed by atoms with Gasteiger partial charge in [-0.2, -0.15) is 13.2 Å². The molecule has 0 spiro atoms. The van der Waals surface area contributed by atoms with Crippen molar-refractivity contribution in [1.29, 1.82) is 0 Å². The van der Waals surface area contributed by atoms with Crippen molar-refractivity contribution in [2.75, 3.05) is 36.0 Å². The maximum atomic E-state index is 12.6. The number of thiazole rings is 1. The van der Waals surface area contributed by atoms with Gasteiger partial charge in [0.1, 0.15) is 0 Å². The van der Waals surface area contributed by atoms with Gasteiger partial charge in [0.25, 0.3) is 5.69 Å². The van der Waals surface area contributed by atoms with Gasteiger partial charge in [0.2, 0.25) is 0 Å². The average Bonchev–Trinajstić information content (AvgIpc) is 3.05. The molecule has 0 bridgehead atoms. The van der Waals surface area contributed by atoms with E-state index in [9.17, 15) is 23.3 Å². The predicted molar refractivity (Wildman–Crippen MR) is 84.6 cm³/mol. The van der Waals surface area contributed by atoms with Crippen LogP contribution in [0.4, 0.5) is 29.7 Å². The number of anilines is 2. The first-order chi connectivity index (χ1) is 11.3. The van der Waals surface area contributed by atoms with Gasteiger partial charge in [-0.1, -0.05) is 0 Å². The van der Waals surface area contributed by atoms with Crippen molar-refractivity contribution in [1.82, 2.24) is 4.98 Å². The monoisotopic (exact) mass is 358 g/mol. The van der Waals surface area contributed by atoms with Gasteiger partial charge in [-0.15, -0.1) is 11.3 Å². The molecule has 0 amide bonds. The molecule has 24 heavy (non-hydrogen) atoms. The van der Waals surface area contributed by atoms with E-state index in [1.165, 1.54) is 12.1 Å². The van der Waals surface area contributed by atoms with E-state index in [2.05, 4.69) is 4.98 Å². The third-order valence-corrected chi connectivity index (χ3v) is 4.66. The number of piperazine rings is 1. The number of hydrogen-bond acceptors (Lipinski definition) is 6. The zero-order chi connectivity index (χ0) is 17.3. The number of benzene rings is 1. The van der Waals surface area contributed by atoms with Gasteiger partial charge in [-0.25, -0.2) is 4.98 Å². The molecule has 1 saturated heterocycles. The highest BCUT2D eigenvalue weighted by Gasteiger charge is 2.34. The van der Waals surface area contributed by atoms with Crippen molar-refractivity contribution in [3.63, 3.8) is 0 Å². The summed E-state index contributed by atoms with van der Waals surface area (Å²) in [4.78, 5) is 17.7. The smallest absolute Gasteiger partial charge is 0.368 e. The van der Waals surface area contributed by atoms with Crippen molar-refractivity contribution in [2.24, 2.45) is 0 Å².